The number of nitrogens with one attached hydrogen (secondary N) is 2. The monoisotopic (exact) mass is 492 g/mol. The van der Waals surface area contributed by atoms with Crippen molar-refractivity contribution in [3.8, 4) is 11.3 Å². The van der Waals surface area contributed by atoms with Crippen molar-refractivity contribution in [1.82, 2.24) is 19.8 Å². The molecule has 7 nitrogen and oxygen atoms in total. The van der Waals surface area contributed by atoms with Gasteiger partial charge in [-0.3, -0.25) is 14.7 Å². The number of amides is 1. The standard InChI is InChI=1S/C30H32N6O/c1-22-8-13-26(19-28(22)34-29-7-3-6-27(33-29)25-5-4-14-31-20-25)32-30(37)24-11-9-23(10-12-24)21-36-17-15-35(2)16-18-36/h3-14,19-20H,15-18,21H2,1-2H3,(H,32,37)(H,33,34). The molecule has 37 heavy (non-hydrogen) atoms. The van der Waals surface area contributed by atoms with Crippen LogP contribution in [0.15, 0.2) is 85.2 Å². The maximum atomic E-state index is 12.9. The fraction of sp³-hybridized carbons (Fsp3) is 0.233. The highest BCUT2D eigenvalue weighted by atomic mass is 16.1. The van der Waals surface area contributed by atoms with Crippen molar-refractivity contribution in [2.75, 3.05) is 43.9 Å². The summed E-state index contributed by atoms with van der Waals surface area (Å²) in [6, 6.07) is 23.5. The Morgan fingerprint density at radius 3 is 2.51 bits per heavy atom. The summed E-state index contributed by atoms with van der Waals surface area (Å²) >= 11 is 0. The second-order valence-corrected chi connectivity index (χ2v) is 9.53. The predicted molar refractivity (Wildman–Crippen MR) is 149 cm³/mol. The number of rotatable bonds is 7. The Bertz CT molecular complexity index is 1350. The molecule has 4 aromatic rings. The molecule has 1 amide bonds. The van der Waals surface area contributed by atoms with Crippen molar-refractivity contribution in [2.45, 2.75) is 13.5 Å². The second kappa shape index (κ2) is 11.3. The van der Waals surface area contributed by atoms with E-state index in [9.17, 15) is 4.79 Å². The summed E-state index contributed by atoms with van der Waals surface area (Å²) < 4.78 is 0. The Kier molecular flexibility index (Phi) is 7.54. The van der Waals surface area contributed by atoms with Gasteiger partial charge in [0.05, 0.1) is 5.69 Å². The van der Waals surface area contributed by atoms with Crippen LogP contribution in [0.25, 0.3) is 11.3 Å². The molecule has 2 aromatic carbocycles. The number of hydrogen-bond acceptors (Lipinski definition) is 6. The molecule has 0 radical (unpaired) electrons. The summed E-state index contributed by atoms with van der Waals surface area (Å²) in [5.41, 5.74) is 6.33. The number of piperazine rings is 1. The summed E-state index contributed by atoms with van der Waals surface area (Å²) in [6.07, 6.45) is 3.55. The van der Waals surface area contributed by atoms with Crippen molar-refractivity contribution in [2.24, 2.45) is 0 Å². The highest BCUT2D eigenvalue weighted by Gasteiger charge is 2.14. The maximum absolute atomic E-state index is 12.9. The van der Waals surface area contributed by atoms with Gasteiger partial charge in [0.15, 0.2) is 0 Å². The number of aromatic nitrogens is 2. The van der Waals surface area contributed by atoms with Gasteiger partial charge in [0, 0.05) is 67.6 Å². The summed E-state index contributed by atoms with van der Waals surface area (Å²) in [4.78, 5) is 26.7. The van der Waals surface area contributed by atoms with Gasteiger partial charge in [-0.1, -0.05) is 24.3 Å². The lowest BCUT2D eigenvalue weighted by Crippen LogP contribution is -2.43. The van der Waals surface area contributed by atoms with Gasteiger partial charge < -0.3 is 15.5 Å². The molecule has 0 bridgehead atoms. The Balaban J connectivity index is 1.24. The topological polar surface area (TPSA) is 73.4 Å². The molecule has 1 aliphatic rings. The van der Waals surface area contributed by atoms with Crippen molar-refractivity contribution in [3.63, 3.8) is 0 Å². The summed E-state index contributed by atoms with van der Waals surface area (Å²) in [5, 5.41) is 6.43. The Hall–Kier alpha value is -4.07. The minimum atomic E-state index is -0.127. The predicted octanol–water partition coefficient (Wildman–Crippen LogP) is 5.20. The van der Waals surface area contributed by atoms with E-state index in [4.69, 9.17) is 4.98 Å². The Labute approximate surface area is 218 Å². The number of aryl methyl sites for hydroxylation is 1. The third kappa shape index (κ3) is 6.39. The van der Waals surface area contributed by atoms with Gasteiger partial charge in [0.1, 0.15) is 5.82 Å². The lowest BCUT2D eigenvalue weighted by atomic mass is 10.1. The Morgan fingerprint density at radius 1 is 0.946 bits per heavy atom. The first-order valence-corrected chi connectivity index (χ1v) is 12.6. The average Bonchev–Trinajstić information content (AvgIpc) is 2.93. The number of hydrogen-bond donors (Lipinski definition) is 2. The van der Waals surface area contributed by atoms with E-state index in [1.807, 2.05) is 67.6 Å². The first-order valence-electron chi connectivity index (χ1n) is 12.6. The van der Waals surface area contributed by atoms with Gasteiger partial charge in [-0.05, 0) is 73.6 Å². The van der Waals surface area contributed by atoms with E-state index in [0.717, 1.165) is 66.7 Å². The fourth-order valence-electron chi connectivity index (χ4n) is 4.38. The molecule has 5 rings (SSSR count). The van der Waals surface area contributed by atoms with Crippen LogP contribution in [0.5, 0.6) is 0 Å². The molecule has 0 aliphatic carbocycles. The van der Waals surface area contributed by atoms with E-state index in [1.54, 1.807) is 12.4 Å². The number of pyridine rings is 2. The minimum absolute atomic E-state index is 0.127. The maximum Gasteiger partial charge on any atom is 0.255 e. The fourth-order valence-corrected chi connectivity index (χ4v) is 4.38. The third-order valence-corrected chi connectivity index (χ3v) is 6.68. The highest BCUT2D eigenvalue weighted by molar-refractivity contribution is 6.04. The zero-order chi connectivity index (χ0) is 25.6. The molecule has 0 spiro atoms. The van der Waals surface area contributed by atoms with Crippen LogP contribution in [0.4, 0.5) is 17.2 Å². The van der Waals surface area contributed by atoms with Crippen LogP contribution in [-0.4, -0.2) is 58.9 Å². The molecule has 7 heteroatoms. The van der Waals surface area contributed by atoms with Gasteiger partial charge in [-0.15, -0.1) is 0 Å². The normalized spacial score (nSPS) is 14.3. The number of carbonyl (C=O) groups is 1. The molecular formula is C30H32N6O. The third-order valence-electron chi connectivity index (χ3n) is 6.68. The van der Waals surface area contributed by atoms with E-state index in [-0.39, 0.29) is 5.91 Å². The van der Waals surface area contributed by atoms with Gasteiger partial charge >= 0.3 is 0 Å². The van der Waals surface area contributed by atoms with Crippen molar-refractivity contribution in [3.05, 3.63) is 102 Å². The van der Waals surface area contributed by atoms with Crippen LogP contribution in [0, 0.1) is 6.92 Å². The van der Waals surface area contributed by atoms with Crippen LogP contribution in [0.3, 0.4) is 0 Å². The number of benzene rings is 2. The van der Waals surface area contributed by atoms with Gasteiger partial charge in [0.2, 0.25) is 0 Å². The molecule has 0 saturated carbocycles. The van der Waals surface area contributed by atoms with Gasteiger partial charge in [-0.25, -0.2) is 4.98 Å². The zero-order valence-corrected chi connectivity index (χ0v) is 21.3. The quantitative estimate of drug-likeness (QED) is 0.370. The molecule has 2 aromatic heterocycles. The molecular weight excluding hydrogens is 460 g/mol. The molecule has 1 aliphatic heterocycles. The summed E-state index contributed by atoms with van der Waals surface area (Å²) in [5.74, 6) is 0.599. The van der Waals surface area contributed by atoms with Crippen LogP contribution < -0.4 is 10.6 Å². The van der Waals surface area contributed by atoms with Crippen molar-refractivity contribution in [1.29, 1.82) is 0 Å². The van der Waals surface area contributed by atoms with E-state index >= 15 is 0 Å². The molecule has 0 unspecified atom stereocenters. The average molecular weight is 493 g/mol. The number of anilines is 3. The lowest BCUT2D eigenvalue weighted by Gasteiger charge is -2.32. The Morgan fingerprint density at radius 2 is 1.76 bits per heavy atom. The van der Waals surface area contributed by atoms with Crippen molar-refractivity contribution < 1.29 is 4.79 Å². The number of nitrogens with zero attached hydrogens (tertiary/aromatic N) is 4. The summed E-state index contributed by atoms with van der Waals surface area (Å²) in [7, 11) is 2.16. The first kappa shape index (κ1) is 24.6. The summed E-state index contributed by atoms with van der Waals surface area (Å²) in [6.45, 7) is 7.29. The molecule has 1 saturated heterocycles. The molecule has 1 fully saturated rings. The minimum Gasteiger partial charge on any atom is -0.340 e. The smallest absolute Gasteiger partial charge is 0.255 e. The largest absolute Gasteiger partial charge is 0.340 e. The molecule has 188 valence electrons. The number of likely N-dealkylation sites (N-methyl/N-ethyl adjacent to an activating group) is 1. The van der Waals surface area contributed by atoms with Gasteiger partial charge in [-0.2, -0.15) is 0 Å². The van der Waals surface area contributed by atoms with E-state index in [2.05, 4.69) is 44.6 Å². The SMILES string of the molecule is Cc1ccc(NC(=O)c2ccc(CN3CCN(C)CC3)cc2)cc1Nc1cccc(-c2cccnc2)n1. The lowest BCUT2D eigenvalue weighted by molar-refractivity contribution is 0.102. The highest BCUT2D eigenvalue weighted by Crippen LogP contribution is 2.25. The molecule has 2 N–H and O–H groups in total. The second-order valence-electron chi connectivity index (χ2n) is 9.53. The zero-order valence-electron chi connectivity index (χ0n) is 21.3. The molecule has 3 heterocycles. The van der Waals surface area contributed by atoms with Crippen LogP contribution in [-0.2, 0) is 6.54 Å². The first-order chi connectivity index (χ1) is 18.0. The van der Waals surface area contributed by atoms with Gasteiger partial charge in [0.25, 0.3) is 5.91 Å². The van der Waals surface area contributed by atoms with Crippen LogP contribution >= 0.6 is 0 Å². The van der Waals surface area contributed by atoms with Crippen LogP contribution in [0.2, 0.25) is 0 Å². The van der Waals surface area contributed by atoms with Crippen LogP contribution in [0.1, 0.15) is 21.5 Å². The van der Waals surface area contributed by atoms with E-state index in [1.165, 1.54) is 5.56 Å². The number of carbonyl (C=O) groups excluding carboxylic acids is 1. The molecule has 0 atom stereocenters. The van der Waals surface area contributed by atoms with E-state index < -0.39 is 0 Å². The van der Waals surface area contributed by atoms with Crippen molar-refractivity contribution >= 4 is 23.1 Å². The van der Waals surface area contributed by atoms with E-state index in [0.29, 0.717) is 5.56 Å².